The fraction of sp³-hybridized carbons (Fsp3) is 0.500. The number of nitrogens with zero attached hydrogens (tertiary/aromatic N) is 1. The molecule has 1 aromatic rings. The van der Waals surface area contributed by atoms with Crippen molar-refractivity contribution < 1.29 is 13.9 Å². The first kappa shape index (κ1) is 15.1. The normalized spacial score (nSPS) is 22.7. The smallest absolute Gasteiger partial charge is 0.317 e. The molecular weight excluding hydrogens is 283 g/mol. The Labute approximate surface area is 122 Å². The standard InChI is InChI=1S/C14H18ClFN2O2/c1-9-7-18(8-10(2)20-9)14(19)17-6-11-12(15)4-3-5-13(11)16/h3-5,9-10H,6-8H2,1-2H3,(H,17,19). The fourth-order valence-electron chi connectivity index (χ4n) is 2.32. The summed E-state index contributed by atoms with van der Waals surface area (Å²) >= 11 is 5.92. The van der Waals surface area contributed by atoms with Gasteiger partial charge in [0.15, 0.2) is 0 Å². The van der Waals surface area contributed by atoms with Crippen LogP contribution in [0.4, 0.5) is 9.18 Å². The number of morpholine rings is 1. The zero-order valence-electron chi connectivity index (χ0n) is 11.5. The zero-order chi connectivity index (χ0) is 14.7. The van der Waals surface area contributed by atoms with E-state index in [2.05, 4.69) is 5.32 Å². The van der Waals surface area contributed by atoms with Crippen LogP contribution in [-0.4, -0.2) is 36.2 Å². The Morgan fingerprint density at radius 1 is 1.45 bits per heavy atom. The highest BCUT2D eigenvalue weighted by Crippen LogP contribution is 2.19. The molecule has 0 aromatic heterocycles. The Kier molecular flexibility index (Phi) is 4.83. The largest absolute Gasteiger partial charge is 0.372 e. The van der Waals surface area contributed by atoms with Gasteiger partial charge in [-0.3, -0.25) is 0 Å². The minimum atomic E-state index is -0.415. The van der Waals surface area contributed by atoms with Crippen LogP contribution in [0.5, 0.6) is 0 Å². The van der Waals surface area contributed by atoms with Crippen LogP contribution in [0.25, 0.3) is 0 Å². The Hall–Kier alpha value is -1.33. The molecule has 1 aliphatic heterocycles. The average Bonchev–Trinajstić information content (AvgIpc) is 2.36. The molecule has 2 rings (SSSR count). The van der Waals surface area contributed by atoms with Crippen LogP contribution in [0.1, 0.15) is 19.4 Å². The molecule has 0 bridgehead atoms. The summed E-state index contributed by atoms with van der Waals surface area (Å²) in [7, 11) is 0. The topological polar surface area (TPSA) is 41.6 Å². The summed E-state index contributed by atoms with van der Waals surface area (Å²) in [5.41, 5.74) is 0.303. The van der Waals surface area contributed by atoms with E-state index >= 15 is 0 Å². The number of amides is 2. The molecule has 6 heteroatoms. The second-order valence-corrected chi connectivity index (χ2v) is 5.43. The number of hydrogen-bond acceptors (Lipinski definition) is 2. The quantitative estimate of drug-likeness (QED) is 0.912. The van der Waals surface area contributed by atoms with Crippen molar-refractivity contribution in [3.63, 3.8) is 0 Å². The van der Waals surface area contributed by atoms with Crippen LogP contribution in [0.15, 0.2) is 18.2 Å². The van der Waals surface area contributed by atoms with Crippen molar-refractivity contribution in [3.05, 3.63) is 34.6 Å². The summed E-state index contributed by atoms with van der Waals surface area (Å²) in [5, 5.41) is 3.01. The lowest BCUT2D eigenvalue weighted by atomic mass is 10.2. The van der Waals surface area contributed by atoms with Gasteiger partial charge in [-0.2, -0.15) is 0 Å². The highest BCUT2D eigenvalue weighted by atomic mass is 35.5. The van der Waals surface area contributed by atoms with E-state index in [-0.39, 0.29) is 24.8 Å². The van der Waals surface area contributed by atoms with Crippen molar-refractivity contribution >= 4 is 17.6 Å². The molecule has 1 fully saturated rings. The zero-order valence-corrected chi connectivity index (χ0v) is 12.3. The lowest BCUT2D eigenvalue weighted by molar-refractivity contribution is -0.0545. The molecule has 0 radical (unpaired) electrons. The number of ether oxygens (including phenoxy) is 1. The van der Waals surface area contributed by atoms with Crippen LogP contribution in [0.3, 0.4) is 0 Å². The van der Waals surface area contributed by atoms with Crippen molar-refractivity contribution in [2.75, 3.05) is 13.1 Å². The van der Waals surface area contributed by atoms with Gasteiger partial charge in [0.2, 0.25) is 0 Å². The number of nitrogens with one attached hydrogen (secondary N) is 1. The number of carbonyl (C=O) groups is 1. The van der Waals surface area contributed by atoms with Gasteiger partial charge in [0.05, 0.1) is 12.2 Å². The maximum atomic E-state index is 13.6. The van der Waals surface area contributed by atoms with Crippen LogP contribution in [0, 0.1) is 5.82 Å². The van der Waals surface area contributed by atoms with E-state index in [1.165, 1.54) is 12.1 Å². The van der Waals surface area contributed by atoms with Gasteiger partial charge in [0, 0.05) is 30.2 Å². The molecule has 0 spiro atoms. The minimum Gasteiger partial charge on any atom is -0.372 e. The van der Waals surface area contributed by atoms with Crippen molar-refractivity contribution in [3.8, 4) is 0 Å². The molecule has 2 amide bonds. The monoisotopic (exact) mass is 300 g/mol. The molecule has 1 saturated heterocycles. The Morgan fingerprint density at radius 2 is 2.10 bits per heavy atom. The molecule has 20 heavy (non-hydrogen) atoms. The van der Waals surface area contributed by atoms with Crippen molar-refractivity contribution in [1.29, 1.82) is 0 Å². The Balaban J connectivity index is 1.95. The highest BCUT2D eigenvalue weighted by Gasteiger charge is 2.25. The van der Waals surface area contributed by atoms with E-state index in [1.807, 2.05) is 13.8 Å². The number of rotatable bonds is 2. The third-order valence-electron chi connectivity index (χ3n) is 3.18. The third kappa shape index (κ3) is 3.61. The maximum absolute atomic E-state index is 13.6. The van der Waals surface area contributed by atoms with Crippen LogP contribution < -0.4 is 5.32 Å². The molecule has 1 heterocycles. The van der Waals surface area contributed by atoms with Gasteiger partial charge in [-0.25, -0.2) is 9.18 Å². The van der Waals surface area contributed by atoms with Gasteiger partial charge >= 0.3 is 6.03 Å². The molecule has 0 saturated carbocycles. The Bertz CT molecular complexity index is 468. The number of halogens is 2. The summed E-state index contributed by atoms with van der Waals surface area (Å²) in [6.45, 7) is 4.97. The van der Waals surface area contributed by atoms with Gasteiger partial charge in [-0.15, -0.1) is 0 Å². The van der Waals surface area contributed by atoms with Crippen molar-refractivity contribution in [2.45, 2.75) is 32.6 Å². The van der Waals surface area contributed by atoms with E-state index in [9.17, 15) is 9.18 Å². The molecule has 1 aromatic carbocycles. The van der Waals surface area contributed by atoms with Crippen LogP contribution >= 0.6 is 11.6 Å². The van der Waals surface area contributed by atoms with E-state index in [0.717, 1.165) is 0 Å². The molecular formula is C14H18ClFN2O2. The van der Waals surface area contributed by atoms with Gasteiger partial charge in [0.1, 0.15) is 5.82 Å². The first-order chi connectivity index (χ1) is 9.47. The van der Waals surface area contributed by atoms with E-state index in [0.29, 0.717) is 23.7 Å². The number of urea groups is 1. The highest BCUT2D eigenvalue weighted by molar-refractivity contribution is 6.31. The molecule has 1 aliphatic rings. The third-order valence-corrected chi connectivity index (χ3v) is 3.54. The van der Waals surface area contributed by atoms with Crippen molar-refractivity contribution in [2.24, 2.45) is 0 Å². The lowest BCUT2D eigenvalue weighted by Crippen LogP contribution is -2.51. The molecule has 1 N–H and O–H groups in total. The molecule has 2 unspecified atom stereocenters. The van der Waals surface area contributed by atoms with Gasteiger partial charge < -0.3 is 15.0 Å². The van der Waals surface area contributed by atoms with Crippen LogP contribution in [0.2, 0.25) is 5.02 Å². The summed E-state index contributed by atoms with van der Waals surface area (Å²) in [4.78, 5) is 13.8. The predicted octanol–water partition coefficient (Wildman–Crippen LogP) is 2.80. The second kappa shape index (κ2) is 6.41. The van der Waals surface area contributed by atoms with Gasteiger partial charge in [-0.1, -0.05) is 17.7 Å². The maximum Gasteiger partial charge on any atom is 0.317 e. The summed E-state index contributed by atoms with van der Waals surface area (Å²) in [5.74, 6) is -0.415. The number of carbonyl (C=O) groups excluding carboxylic acids is 1. The number of hydrogen-bond donors (Lipinski definition) is 1. The lowest BCUT2D eigenvalue weighted by Gasteiger charge is -2.35. The van der Waals surface area contributed by atoms with Gasteiger partial charge in [0.25, 0.3) is 0 Å². The summed E-state index contributed by atoms with van der Waals surface area (Å²) in [6, 6.07) is 4.23. The van der Waals surface area contributed by atoms with E-state index in [4.69, 9.17) is 16.3 Å². The molecule has 110 valence electrons. The predicted molar refractivity (Wildman–Crippen MR) is 75.2 cm³/mol. The van der Waals surface area contributed by atoms with E-state index in [1.54, 1.807) is 11.0 Å². The molecule has 0 aliphatic carbocycles. The number of benzene rings is 1. The van der Waals surface area contributed by atoms with Gasteiger partial charge in [-0.05, 0) is 26.0 Å². The van der Waals surface area contributed by atoms with Crippen molar-refractivity contribution in [1.82, 2.24) is 10.2 Å². The molecule has 2 atom stereocenters. The SMILES string of the molecule is CC1CN(C(=O)NCc2c(F)cccc2Cl)CC(C)O1. The van der Waals surface area contributed by atoms with E-state index < -0.39 is 5.82 Å². The second-order valence-electron chi connectivity index (χ2n) is 5.02. The van der Waals surface area contributed by atoms with Crippen LogP contribution in [-0.2, 0) is 11.3 Å². The first-order valence-electron chi connectivity index (χ1n) is 6.58. The minimum absolute atomic E-state index is 0.00143. The summed E-state index contributed by atoms with van der Waals surface area (Å²) < 4.78 is 19.2. The Morgan fingerprint density at radius 3 is 2.70 bits per heavy atom. The average molecular weight is 301 g/mol. The molecule has 4 nitrogen and oxygen atoms in total. The summed E-state index contributed by atoms with van der Waals surface area (Å²) in [6.07, 6.45) is 0.00287. The first-order valence-corrected chi connectivity index (χ1v) is 6.96. The fourth-order valence-corrected chi connectivity index (χ4v) is 2.55.